The monoisotopic (exact) mass is 280 g/mol. The molecule has 1 fully saturated rings. The molecule has 1 aliphatic rings. The van der Waals surface area contributed by atoms with Crippen LogP contribution in [0.5, 0.6) is 0 Å². The lowest BCUT2D eigenvalue weighted by atomic mass is 10.3. The molecule has 2 aromatic rings. The number of halogens is 1. The molecule has 1 saturated carbocycles. The van der Waals surface area contributed by atoms with E-state index in [4.69, 9.17) is 17.3 Å². The van der Waals surface area contributed by atoms with E-state index in [2.05, 4.69) is 32.4 Å². The van der Waals surface area contributed by atoms with Gasteiger partial charge in [-0.1, -0.05) is 6.07 Å². The highest BCUT2D eigenvalue weighted by molar-refractivity contribution is 7.09. The normalized spacial score (nSPS) is 14.7. The lowest BCUT2D eigenvalue weighted by Gasteiger charge is -2.24. The molecule has 0 radical (unpaired) electrons. The van der Waals surface area contributed by atoms with Crippen LogP contribution in [0.25, 0.3) is 0 Å². The van der Waals surface area contributed by atoms with E-state index in [1.807, 2.05) is 0 Å². The number of thiophene rings is 1. The van der Waals surface area contributed by atoms with Crippen LogP contribution in [0, 0.1) is 0 Å². The number of rotatable bonds is 4. The molecule has 0 atom stereocenters. The van der Waals surface area contributed by atoms with Crippen LogP contribution in [-0.2, 0) is 6.54 Å². The Morgan fingerprint density at radius 1 is 1.50 bits per heavy atom. The third-order valence-electron chi connectivity index (χ3n) is 2.93. The first-order chi connectivity index (χ1) is 8.74. The second-order valence-corrected chi connectivity index (χ2v) is 5.73. The predicted molar refractivity (Wildman–Crippen MR) is 75.0 cm³/mol. The zero-order valence-electron chi connectivity index (χ0n) is 9.71. The van der Waals surface area contributed by atoms with Gasteiger partial charge in [0.2, 0.25) is 5.28 Å². The summed E-state index contributed by atoms with van der Waals surface area (Å²) in [6, 6.07) is 4.71. The van der Waals surface area contributed by atoms with Gasteiger partial charge in [0, 0.05) is 10.9 Å². The van der Waals surface area contributed by atoms with Gasteiger partial charge >= 0.3 is 0 Å². The molecule has 18 heavy (non-hydrogen) atoms. The molecule has 6 heteroatoms. The minimum atomic E-state index is 0.246. The molecule has 0 unspecified atom stereocenters. The Bertz CT molecular complexity index is 539. The van der Waals surface area contributed by atoms with Crippen LogP contribution in [0.1, 0.15) is 17.7 Å². The second kappa shape index (κ2) is 4.74. The van der Waals surface area contributed by atoms with E-state index < -0.39 is 0 Å². The van der Waals surface area contributed by atoms with E-state index in [-0.39, 0.29) is 5.28 Å². The number of nitrogen functional groups attached to an aromatic ring is 1. The van der Waals surface area contributed by atoms with Crippen molar-refractivity contribution in [3.8, 4) is 0 Å². The molecular weight excluding hydrogens is 268 g/mol. The standard InChI is InChI=1S/C12H13ClN4S/c13-12-15-6-10(14)11(16-12)17(8-3-4-8)7-9-2-1-5-18-9/h1-2,5-6,8H,3-4,7,14H2. The van der Waals surface area contributed by atoms with Gasteiger partial charge in [-0.25, -0.2) is 4.98 Å². The average molecular weight is 281 g/mol. The highest BCUT2D eigenvalue weighted by Gasteiger charge is 2.31. The molecular formula is C12H13ClN4S. The van der Waals surface area contributed by atoms with Crippen LogP contribution in [-0.4, -0.2) is 16.0 Å². The molecule has 1 aliphatic carbocycles. The van der Waals surface area contributed by atoms with Crippen molar-refractivity contribution in [2.24, 2.45) is 0 Å². The van der Waals surface area contributed by atoms with Gasteiger partial charge in [-0.15, -0.1) is 11.3 Å². The van der Waals surface area contributed by atoms with Crippen molar-refractivity contribution in [1.29, 1.82) is 0 Å². The van der Waals surface area contributed by atoms with E-state index in [1.54, 1.807) is 17.5 Å². The number of hydrogen-bond acceptors (Lipinski definition) is 5. The van der Waals surface area contributed by atoms with Gasteiger partial charge in [0.05, 0.1) is 18.4 Å². The van der Waals surface area contributed by atoms with Crippen molar-refractivity contribution in [1.82, 2.24) is 9.97 Å². The molecule has 0 aromatic carbocycles. The summed E-state index contributed by atoms with van der Waals surface area (Å²) < 4.78 is 0. The molecule has 0 amide bonds. The number of anilines is 2. The fourth-order valence-corrected chi connectivity index (χ4v) is 2.76. The Kier molecular flexibility index (Phi) is 3.09. The number of hydrogen-bond donors (Lipinski definition) is 1. The molecule has 2 N–H and O–H groups in total. The van der Waals surface area contributed by atoms with Gasteiger partial charge in [-0.05, 0) is 35.9 Å². The van der Waals surface area contributed by atoms with Gasteiger partial charge in [-0.2, -0.15) is 4.98 Å². The summed E-state index contributed by atoms with van der Waals surface area (Å²) in [6.07, 6.45) is 3.95. The predicted octanol–water partition coefficient (Wildman–Crippen LogP) is 2.94. The van der Waals surface area contributed by atoms with E-state index in [1.165, 1.54) is 17.7 Å². The zero-order valence-corrected chi connectivity index (χ0v) is 11.3. The first-order valence-corrected chi connectivity index (χ1v) is 7.07. The topological polar surface area (TPSA) is 55.0 Å². The lowest BCUT2D eigenvalue weighted by molar-refractivity contribution is 0.785. The summed E-state index contributed by atoms with van der Waals surface area (Å²) in [5, 5.41) is 2.33. The molecule has 4 nitrogen and oxygen atoms in total. The highest BCUT2D eigenvalue weighted by Crippen LogP contribution is 2.35. The maximum absolute atomic E-state index is 5.96. The van der Waals surface area contributed by atoms with Crippen molar-refractivity contribution < 1.29 is 0 Å². The number of nitrogens with zero attached hydrogens (tertiary/aromatic N) is 3. The summed E-state index contributed by atoms with van der Waals surface area (Å²) in [6.45, 7) is 0.833. The van der Waals surface area contributed by atoms with E-state index >= 15 is 0 Å². The van der Waals surface area contributed by atoms with Gasteiger partial charge in [0.25, 0.3) is 0 Å². The van der Waals surface area contributed by atoms with Crippen molar-refractivity contribution in [3.63, 3.8) is 0 Å². The largest absolute Gasteiger partial charge is 0.394 e. The Morgan fingerprint density at radius 3 is 3.00 bits per heavy atom. The molecule has 3 rings (SSSR count). The van der Waals surface area contributed by atoms with Crippen LogP contribution in [0.4, 0.5) is 11.5 Å². The van der Waals surface area contributed by atoms with E-state index in [0.29, 0.717) is 11.7 Å². The van der Waals surface area contributed by atoms with Gasteiger partial charge in [0.1, 0.15) is 0 Å². The first-order valence-electron chi connectivity index (χ1n) is 5.81. The Balaban J connectivity index is 1.91. The second-order valence-electron chi connectivity index (χ2n) is 4.36. The third-order valence-corrected chi connectivity index (χ3v) is 3.98. The SMILES string of the molecule is Nc1cnc(Cl)nc1N(Cc1cccs1)C1CC1. The molecule has 2 heterocycles. The molecule has 2 aromatic heterocycles. The van der Waals surface area contributed by atoms with Crippen LogP contribution in [0.2, 0.25) is 5.28 Å². The fraction of sp³-hybridized carbons (Fsp3) is 0.333. The van der Waals surface area contributed by atoms with Crippen molar-refractivity contribution in [2.45, 2.75) is 25.4 Å². The molecule has 0 saturated heterocycles. The van der Waals surface area contributed by atoms with Crippen LogP contribution in [0.15, 0.2) is 23.7 Å². The number of aromatic nitrogens is 2. The average Bonchev–Trinajstić information content (AvgIpc) is 3.07. The van der Waals surface area contributed by atoms with Crippen LogP contribution >= 0.6 is 22.9 Å². The Hall–Kier alpha value is -1.33. The fourth-order valence-electron chi connectivity index (χ4n) is 1.92. The quantitative estimate of drug-likeness (QED) is 0.875. The highest BCUT2D eigenvalue weighted by atomic mass is 35.5. The maximum Gasteiger partial charge on any atom is 0.224 e. The summed E-state index contributed by atoms with van der Waals surface area (Å²) in [7, 11) is 0. The van der Waals surface area contributed by atoms with Crippen molar-refractivity contribution in [2.75, 3.05) is 10.6 Å². The Morgan fingerprint density at radius 2 is 2.33 bits per heavy atom. The first kappa shape index (κ1) is 11.7. The molecule has 0 aliphatic heterocycles. The summed E-state index contributed by atoms with van der Waals surface area (Å²) in [5.74, 6) is 0.755. The van der Waals surface area contributed by atoms with Crippen molar-refractivity contribution in [3.05, 3.63) is 33.9 Å². The Labute approximate surface area is 114 Å². The minimum Gasteiger partial charge on any atom is -0.394 e. The third kappa shape index (κ3) is 2.42. The van der Waals surface area contributed by atoms with Gasteiger partial charge in [-0.3, -0.25) is 0 Å². The zero-order chi connectivity index (χ0) is 12.5. The molecule has 94 valence electrons. The summed E-state index contributed by atoms with van der Waals surface area (Å²) >= 11 is 7.61. The smallest absolute Gasteiger partial charge is 0.224 e. The molecule has 0 bridgehead atoms. The summed E-state index contributed by atoms with van der Waals surface area (Å²) in [5.41, 5.74) is 6.55. The minimum absolute atomic E-state index is 0.246. The van der Waals surface area contributed by atoms with Gasteiger partial charge in [0.15, 0.2) is 5.82 Å². The number of nitrogens with two attached hydrogens (primary N) is 1. The van der Waals surface area contributed by atoms with E-state index in [0.717, 1.165) is 12.4 Å². The van der Waals surface area contributed by atoms with Gasteiger partial charge < -0.3 is 10.6 Å². The summed E-state index contributed by atoms with van der Waals surface area (Å²) in [4.78, 5) is 11.7. The molecule has 0 spiro atoms. The van der Waals surface area contributed by atoms with Crippen LogP contribution < -0.4 is 10.6 Å². The van der Waals surface area contributed by atoms with E-state index in [9.17, 15) is 0 Å². The van der Waals surface area contributed by atoms with Crippen LogP contribution in [0.3, 0.4) is 0 Å². The lowest BCUT2D eigenvalue weighted by Crippen LogP contribution is -2.26. The van der Waals surface area contributed by atoms with Crippen molar-refractivity contribution >= 4 is 34.4 Å². The maximum atomic E-state index is 5.96.